The molecular weight excluding hydrogens is 430 g/mol. The van der Waals surface area contributed by atoms with Gasteiger partial charge in [-0.15, -0.1) is 0 Å². The number of nitrogens with one attached hydrogen (secondary N) is 2. The van der Waals surface area contributed by atoms with Crippen molar-refractivity contribution >= 4 is 44.7 Å². The number of phenols is 1. The van der Waals surface area contributed by atoms with E-state index in [2.05, 4.69) is 4.72 Å². The Morgan fingerprint density at radius 3 is 2.79 bits per heavy atom. The summed E-state index contributed by atoms with van der Waals surface area (Å²) >= 11 is 3.56. The van der Waals surface area contributed by atoms with Crippen LogP contribution in [-0.4, -0.2) is 40.3 Å². The SMILES string of the molecule is CC1(NS(=O)[O-])C=CC(Cl)=CC1Cc1ccc(N2CC(=O)NS2(=O)=O)c(O)c1. The van der Waals surface area contributed by atoms with E-state index in [1.54, 1.807) is 31.2 Å². The summed E-state index contributed by atoms with van der Waals surface area (Å²) in [4.78, 5) is 11.4. The molecule has 28 heavy (non-hydrogen) atoms. The number of hydrogen-bond donors (Lipinski definition) is 3. The third-order valence-corrected chi connectivity index (χ3v) is 6.86. The lowest BCUT2D eigenvalue weighted by atomic mass is 9.79. The molecule has 3 N–H and O–H groups in total. The fourth-order valence-corrected chi connectivity index (χ4v) is 5.14. The first-order valence-electron chi connectivity index (χ1n) is 8.09. The largest absolute Gasteiger partial charge is 0.760 e. The lowest BCUT2D eigenvalue weighted by Crippen LogP contribution is -2.49. The van der Waals surface area contributed by atoms with E-state index in [1.807, 2.05) is 4.72 Å². The lowest BCUT2D eigenvalue weighted by Gasteiger charge is -2.37. The first-order chi connectivity index (χ1) is 13.0. The van der Waals surface area contributed by atoms with Crippen molar-refractivity contribution in [1.82, 2.24) is 9.44 Å². The molecule has 1 aromatic rings. The number of nitrogens with zero attached hydrogens (tertiary/aromatic N) is 1. The predicted molar refractivity (Wildman–Crippen MR) is 103 cm³/mol. The van der Waals surface area contributed by atoms with Crippen LogP contribution in [0.2, 0.25) is 0 Å². The molecule has 0 aromatic heterocycles. The molecule has 1 fully saturated rings. The van der Waals surface area contributed by atoms with Gasteiger partial charge >= 0.3 is 10.2 Å². The molecule has 1 saturated heterocycles. The highest BCUT2D eigenvalue weighted by Crippen LogP contribution is 2.35. The summed E-state index contributed by atoms with van der Waals surface area (Å²) in [6, 6.07) is 4.37. The van der Waals surface area contributed by atoms with Gasteiger partial charge in [0.25, 0.3) is 5.91 Å². The van der Waals surface area contributed by atoms with Crippen molar-refractivity contribution in [2.75, 3.05) is 10.8 Å². The second-order valence-corrected chi connectivity index (χ2v) is 9.38. The van der Waals surface area contributed by atoms with Crippen molar-refractivity contribution in [3.05, 3.63) is 47.0 Å². The van der Waals surface area contributed by atoms with E-state index in [0.717, 1.165) is 4.31 Å². The van der Waals surface area contributed by atoms with Gasteiger partial charge in [0.05, 0.1) is 11.2 Å². The Balaban J connectivity index is 1.87. The third-order valence-electron chi connectivity index (χ3n) is 4.61. The number of carbonyl (C=O) groups is 1. The maximum Gasteiger partial charge on any atom is 0.326 e. The van der Waals surface area contributed by atoms with Gasteiger partial charge in [-0.05, 0) is 37.1 Å². The molecule has 3 unspecified atom stereocenters. The minimum absolute atomic E-state index is 0.0271. The molecule has 3 atom stereocenters. The summed E-state index contributed by atoms with van der Waals surface area (Å²) in [5.74, 6) is -1.36. The fourth-order valence-electron chi connectivity index (χ4n) is 3.18. The maximum atomic E-state index is 11.9. The molecule has 1 aliphatic heterocycles. The van der Waals surface area contributed by atoms with Crippen molar-refractivity contribution in [2.24, 2.45) is 5.92 Å². The Kier molecular flexibility index (Phi) is 5.56. The number of benzene rings is 1. The summed E-state index contributed by atoms with van der Waals surface area (Å²) in [6.45, 7) is 1.28. The highest BCUT2D eigenvalue weighted by Gasteiger charge is 2.36. The van der Waals surface area contributed by atoms with E-state index in [1.165, 1.54) is 12.1 Å². The molecule has 0 bridgehead atoms. The van der Waals surface area contributed by atoms with Gasteiger partial charge in [-0.25, -0.2) is 13.7 Å². The monoisotopic (exact) mass is 446 g/mol. The van der Waals surface area contributed by atoms with E-state index in [-0.39, 0.29) is 17.4 Å². The Morgan fingerprint density at radius 1 is 1.50 bits per heavy atom. The molecule has 1 heterocycles. The average Bonchev–Trinajstić information content (AvgIpc) is 2.83. The van der Waals surface area contributed by atoms with Crippen LogP contribution in [-0.2, 0) is 32.7 Å². The van der Waals surface area contributed by atoms with E-state index >= 15 is 0 Å². The van der Waals surface area contributed by atoms with Gasteiger partial charge in [-0.3, -0.25) is 9.00 Å². The highest BCUT2D eigenvalue weighted by atomic mass is 35.5. The first-order valence-corrected chi connectivity index (χ1v) is 11.0. The molecule has 2 aliphatic rings. The van der Waals surface area contributed by atoms with Crippen molar-refractivity contribution in [2.45, 2.75) is 18.9 Å². The molecule has 0 spiro atoms. The van der Waals surface area contributed by atoms with E-state index in [9.17, 15) is 27.1 Å². The number of phenolic OH excluding ortho intramolecular Hbond substituents is 1. The highest BCUT2D eigenvalue weighted by molar-refractivity contribution is 7.92. The van der Waals surface area contributed by atoms with Gasteiger partial charge in [0.2, 0.25) is 0 Å². The van der Waals surface area contributed by atoms with Crippen molar-refractivity contribution < 1.29 is 27.1 Å². The Hall–Kier alpha value is -1.92. The molecule has 1 amide bonds. The second kappa shape index (κ2) is 7.48. The van der Waals surface area contributed by atoms with Crippen LogP contribution < -0.4 is 13.7 Å². The maximum absolute atomic E-state index is 11.9. The molecular formula is C16H17ClN3O6S2-. The summed E-state index contributed by atoms with van der Waals surface area (Å²) in [6.07, 6.45) is 5.28. The van der Waals surface area contributed by atoms with E-state index in [4.69, 9.17) is 11.6 Å². The first kappa shape index (κ1) is 20.8. The van der Waals surface area contributed by atoms with Crippen LogP contribution >= 0.6 is 11.6 Å². The van der Waals surface area contributed by atoms with Crippen LogP contribution in [0.1, 0.15) is 12.5 Å². The number of halogens is 1. The van der Waals surface area contributed by atoms with Gasteiger partial charge in [0.1, 0.15) is 12.3 Å². The summed E-state index contributed by atoms with van der Waals surface area (Å²) < 4.78 is 51.3. The van der Waals surface area contributed by atoms with Crippen LogP contribution in [0.15, 0.2) is 41.5 Å². The van der Waals surface area contributed by atoms with Gasteiger partial charge in [-0.2, -0.15) is 8.42 Å². The second-order valence-electron chi connectivity index (χ2n) is 6.67. The zero-order chi connectivity index (χ0) is 20.7. The molecule has 12 heteroatoms. The molecule has 9 nitrogen and oxygen atoms in total. The van der Waals surface area contributed by atoms with Crippen molar-refractivity contribution in [3.63, 3.8) is 0 Å². The molecule has 0 radical (unpaired) electrons. The number of hydrogen-bond acceptors (Lipinski definition) is 6. The molecule has 0 saturated carbocycles. The van der Waals surface area contributed by atoms with Gasteiger partial charge in [0, 0.05) is 22.2 Å². The number of anilines is 1. The van der Waals surface area contributed by atoms with E-state index < -0.39 is 39.5 Å². The van der Waals surface area contributed by atoms with Gasteiger partial charge in [0.15, 0.2) is 0 Å². The summed E-state index contributed by atoms with van der Waals surface area (Å²) in [7, 11) is -4.03. The Labute approximate surface area is 169 Å². The van der Waals surface area contributed by atoms with Crippen LogP contribution in [0, 0.1) is 5.92 Å². The number of amides is 1. The number of allylic oxidation sites excluding steroid dienone is 2. The Morgan fingerprint density at radius 2 is 2.21 bits per heavy atom. The van der Waals surface area contributed by atoms with Crippen molar-refractivity contribution in [3.8, 4) is 5.75 Å². The predicted octanol–water partition coefficient (Wildman–Crippen LogP) is 0.567. The molecule has 1 aromatic carbocycles. The molecule has 152 valence electrons. The van der Waals surface area contributed by atoms with Gasteiger partial charge < -0.3 is 9.66 Å². The number of carbonyl (C=O) groups excluding carboxylic acids is 1. The summed E-state index contributed by atoms with van der Waals surface area (Å²) in [5, 5.41) is 10.8. The smallest absolute Gasteiger partial charge is 0.326 e. The molecule has 3 rings (SSSR count). The summed E-state index contributed by atoms with van der Waals surface area (Å²) in [5.41, 5.74) is -0.322. The normalized spacial score (nSPS) is 27.4. The minimum Gasteiger partial charge on any atom is -0.760 e. The van der Waals surface area contributed by atoms with Crippen molar-refractivity contribution in [1.29, 1.82) is 0 Å². The quantitative estimate of drug-likeness (QED) is 0.565. The third kappa shape index (κ3) is 4.23. The number of aromatic hydroxyl groups is 1. The van der Waals surface area contributed by atoms with Crippen LogP contribution in [0.25, 0.3) is 0 Å². The Bertz CT molecular complexity index is 1010. The van der Waals surface area contributed by atoms with Gasteiger partial charge in [-0.1, -0.05) is 29.8 Å². The molecule has 1 aliphatic carbocycles. The van der Waals surface area contributed by atoms with Crippen LogP contribution in [0.3, 0.4) is 0 Å². The average molecular weight is 447 g/mol. The van der Waals surface area contributed by atoms with E-state index in [0.29, 0.717) is 17.0 Å². The lowest BCUT2D eigenvalue weighted by molar-refractivity contribution is -0.117. The standard InChI is InChI=1S/C16H18ClN3O6S2/c1-16(19-27(23)24)5-4-12(17)8-11(16)6-10-2-3-13(14(21)7-10)20-9-15(22)18-28(20,25)26/h2-5,7-8,11,19,21H,6,9H2,1H3,(H,18,22)(H,23,24)/p-1. The fraction of sp³-hybridized carbons (Fsp3) is 0.312. The van der Waals surface area contributed by atoms with Crippen LogP contribution in [0.5, 0.6) is 5.75 Å². The number of rotatable bonds is 5. The zero-order valence-corrected chi connectivity index (χ0v) is 17.0. The minimum atomic E-state index is -4.03. The van der Waals surface area contributed by atoms with Crippen LogP contribution in [0.4, 0.5) is 5.69 Å². The topological polar surface area (TPSA) is 139 Å². The zero-order valence-electron chi connectivity index (χ0n) is 14.6.